The van der Waals surface area contributed by atoms with Gasteiger partial charge in [-0.1, -0.05) is 6.07 Å². The highest BCUT2D eigenvalue weighted by Crippen LogP contribution is 2.22. The Labute approximate surface area is 141 Å². The summed E-state index contributed by atoms with van der Waals surface area (Å²) in [5, 5.41) is 3.46. The number of anilines is 1. The first kappa shape index (κ1) is 16.7. The van der Waals surface area contributed by atoms with Crippen molar-refractivity contribution in [3.8, 4) is 5.75 Å². The Hall–Kier alpha value is -2.14. The minimum atomic E-state index is -0.337. The van der Waals surface area contributed by atoms with Gasteiger partial charge >= 0.3 is 0 Å². The minimum Gasteiger partial charge on any atom is -0.494 e. The van der Waals surface area contributed by atoms with E-state index in [1.165, 1.54) is 25.3 Å². The van der Waals surface area contributed by atoms with Gasteiger partial charge in [0.05, 0.1) is 7.11 Å². The quantitative estimate of drug-likeness (QED) is 0.894. The Kier molecular flexibility index (Phi) is 5.30. The number of nitrogens with zero attached hydrogens (tertiary/aromatic N) is 1. The van der Waals surface area contributed by atoms with E-state index >= 15 is 0 Å². The smallest absolute Gasteiger partial charge is 0.165 e. The predicted molar refractivity (Wildman–Crippen MR) is 91.3 cm³/mol. The molecular weight excluding hydrogens is 310 g/mol. The normalized spacial score (nSPS) is 18.4. The topological polar surface area (TPSA) is 24.5 Å². The van der Waals surface area contributed by atoms with E-state index < -0.39 is 0 Å². The number of rotatable bonds is 5. The fourth-order valence-corrected chi connectivity index (χ4v) is 3.16. The third kappa shape index (κ3) is 4.23. The predicted octanol–water partition coefficient (Wildman–Crippen LogP) is 4.05. The van der Waals surface area contributed by atoms with Crippen molar-refractivity contribution in [1.29, 1.82) is 0 Å². The maximum atomic E-state index is 13.5. The lowest BCUT2D eigenvalue weighted by Crippen LogP contribution is -2.41. The molecule has 0 aliphatic carbocycles. The van der Waals surface area contributed by atoms with Crippen molar-refractivity contribution in [3.05, 3.63) is 59.7 Å². The van der Waals surface area contributed by atoms with Crippen LogP contribution in [0.4, 0.5) is 14.5 Å². The van der Waals surface area contributed by atoms with E-state index in [4.69, 9.17) is 4.74 Å². The molecule has 1 saturated heterocycles. The third-order valence-corrected chi connectivity index (χ3v) is 4.34. The summed E-state index contributed by atoms with van der Waals surface area (Å²) in [6.45, 7) is 2.68. The minimum absolute atomic E-state index is 0.226. The number of halogens is 2. The van der Waals surface area contributed by atoms with Crippen LogP contribution in [0.2, 0.25) is 0 Å². The molecule has 2 aromatic carbocycles. The lowest BCUT2D eigenvalue weighted by Gasteiger charge is -2.33. The summed E-state index contributed by atoms with van der Waals surface area (Å²) < 4.78 is 31.5. The van der Waals surface area contributed by atoms with Gasteiger partial charge in [-0.25, -0.2) is 8.78 Å². The Bertz CT molecular complexity index is 676. The number of ether oxygens (including phenoxy) is 1. The average molecular weight is 332 g/mol. The zero-order valence-corrected chi connectivity index (χ0v) is 13.8. The Morgan fingerprint density at radius 2 is 1.96 bits per heavy atom. The van der Waals surface area contributed by atoms with Crippen molar-refractivity contribution in [2.45, 2.75) is 25.4 Å². The molecule has 24 heavy (non-hydrogen) atoms. The van der Waals surface area contributed by atoms with Crippen molar-refractivity contribution in [2.24, 2.45) is 0 Å². The average Bonchev–Trinajstić information content (AvgIpc) is 2.59. The second kappa shape index (κ2) is 7.62. The van der Waals surface area contributed by atoms with E-state index in [0.717, 1.165) is 43.7 Å². The molecule has 1 fully saturated rings. The molecule has 0 aromatic heterocycles. The molecule has 1 aliphatic heterocycles. The lowest BCUT2D eigenvalue weighted by atomic mass is 10.0. The number of hydrogen-bond acceptors (Lipinski definition) is 3. The van der Waals surface area contributed by atoms with Gasteiger partial charge in [-0.2, -0.15) is 0 Å². The van der Waals surface area contributed by atoms with E-state index in [9.17, 15) is 8.78 Å². The Morgan fingerprint density at radius 3 is 2.71 bits per heavy atom. The number of piperidine rings is 1. The summed E-state index contributed by atoms with van der Waals surface area (Å²) in [6.07, 6.45) is 2.18. The van der Waals surface area contributed by atoms with Gasteiger partial charge in [-0.3, -0.25) is 4.90 Å². The molecule has 2 aromatic rings. The van der Waals surface area contributed by atoms with Crippen molar-refractivity contribution in [3.63, 3.8) is 0 Å². The van der Waals surface area contributed by atoms with Crippen LogP contribution in [-0.2, 0) is 6.54 Å². The van der Waals surface area contributed by atoms with Crippen LogP contribution in [0.5, 0.6) is 5.75 Å². The van der Waals surface area contributed by atoms with E-state index in [1.807, 2.05) is 0 Å². The zero-order chi connectivity index (χ0) is 16.9. The molecule has 0 saturated carbocycles. The first-order valence-corrected chi connectivity index (χ1v) is 8.21. The molecule has 3 rings (SSSR count). The fraction of sp³-hybridized carbons (Fsp3) is 0.368. The van der Waals surface area contributed by atoms with E-state index in [-0.39, 0.29) is 17.4 Å². The number of methoxy groups -OCH3 is 1. The second-order valence-corrected chi connectivity index (χ2v) is 6.19. The van der Waals surface area contributed by atoms with Crippen LogP contribution < -0.4 is 10.1 Å². The number of nitrogens with one attached hydrogen (secondary N) is 1. The summed E-state index contributed by atoms with van der Waals surface area (Å²) in [5.41, 5.74) is 1.97. The molecule has 0 radical (unpaired) electrons. The van der Waals surface area contributed by atoms with Gasteiger partial charge < -0.3 is 10.1 Å². The van der Waals surface area contributed by atoms with E-state index in [1.54, 1.807) is 24.3 Å². The molecule has 0 bridgehead atoms. The monoisotopic (exact) mass is 332 g/mol. The summed E-state index contributed by atoms with van der Waals surface area (Å²) in [6, 6.07) is 11.8. The largest absolute Gasteiger partial charge is 0.494 e. The molecule has 128 valence electrons. The summed E-state index contributed by atoms with van der Waals surface area (Å²) in [5.74, 6) is -0.280. The highest BCUT2D eigenvalue weighted by molar-refractivity contribution is 5.44. The van der Waals surface area contributed by atoms with Crippen LogP contribution in [0.1, 0.15) is 18.4 Å². The van der Waals surface area contributed by atoms with Crippen molar-refractivity contribution in [1.82, 2.24) is 4.90 Å². The van der Waals surface area contributed by atoms with Gasteiger partial charge in [0.15, 0.2) is 11.6 Å². The van der Waals surface area contributed by atoms with Crippen LogP contribution in [0.15, 0.2) is 42.5 Å². The SMILES string of the molecule is COc1cc(CN2CCCC(Nc3ccc(F)cc3)C2)ccc1F. The highest BCUT2D eigenvalue weighted by atomic mass is 19.1. The van der Waals surface area contributed by atoms with Crippen molar-refractivity contribution in [2.75, 3.05) is 25.5 Å². The van der Waals surface area contributed by atoms with Crippen LogP contribution in [0.3, 0.4) is 0 Å². The highest BCUT2D eigenvalue weighted by Gasteiger charge is 2.20. The Morgan fingerprint density at radius 1 is 1.17 bits per heavy atom. The van der Waals surface area contributed by atoms with Gasteiger partial charge in [0.25, 0.3) is 0 Å². The van der Waals surface area contributed by atoms with Gasteiger partial charge in [0.2, 0.25) is 0 Å². The van der Waals surface area contributed by atoms with E-state index in [2.05, 4.69) is 10.2 Å². The van der Waals surface area contributed by atoms with Gasteiger partial charge in [-0.15, -0.1) is 0 Å². The van der Waals surface area contributed by atoms with Gasteiger partial charge in [0.1, 0.15) is 5.82 Å². The summed E-state index contributed by atoms with van der Waals surface area (Å²) in [4.78, 5) is 2.34. The molecule has 1 unspecified atom stereocenters. The second-order valence-electron chi connectivity index (χ2n) is 6.19. The fourth-order valence-electron chi connectivity index (χ4n) is 3.16. The summed E-state index contributed by atoms with van der Waals surface area (Å²) in [7, 11) is 1.48. The maximum absolute atomic E-state index is 13.5. The first-order valence-electron chi connectivity index (χ1n) is 8.21. The third-order valence-electron chi connectivity index (χ3n) is 4.34. The molecule has 5 heteroatoms. The lowest BCUT2D eigenvalue weighted by molar-refractivity contribution is 0.208. The maximum Gasteiger partial charge on any atom is 0.165 e. The van der Waals surface area contributed by atoms with Gasteiger partial charge in [0, 0.05) is 24.8 Å². The molecule has 0 spiro atoms. The van der Waals surface area contributed by atoms with E-state index in [0.29, 0.717) is 6.04 Å². The molecule has 1 heterocycles. The van der Waals surface area contributed by atoms with Crippen molar-refractivity contribution >= 4 is 5.69 Å². The Balaban J connectivity index is 1.60. The van der Waals surface area contributed by atoms with Crippen LogP contribution in [0.25, 0.3) is 0 Å². The molecule has 3 nitrogen and oxygen atoms in total. The number of hydrogen-bond donors (Lipinski definition) is 1. The zero-order valence-electron chi connectivity index (χ0n) is 13.8. The molecular formula is C19H22F2N2O. The molecule has 1 N–H and O–H groups in total. The van der Waals surface area contributed by atoms with Gasteiger partial charge in [-0.05, 0) is 61.3 Å². The molecule has 1 atom stereocenters. The van der Waals surface area contributed by atoms with Crippen LogP contribution in [-0.4, -0.2) is 31.1 Å². The molecule has 0 amide bonds. The molecule has 1 aliphatic rings. The number of benzene rings is 2. The standard InChI is InChI=1S/C19H22F2N2O/c1-24-19-11-14(4-9-18(19)21)12-23-10-2-3-17(13-23)22-16-7-5-15(20)6-8-16/h4-9,11,17,22H,2-3,10,12-13H2,1H3. The van der Waals surface area contributed by atoms with Crippen LogP contribution >= 0.6 is 0 Å². The first-order chi connectivity index (χ1) is 11.6. The van der Waals surface area contributed by atoms with Crippen LogP contribution in [0, 0.1) is 11.6 Å². The number of likely N-dealkylation sites (tertiary alicyclic amines) is 1. The van der Waals surface area contributed by atoms with Crippen molar-refractivity contribution < 1.29 is 13.5 Å². The summed E-state index contributed by atoms with van der Waals surface area (Å²) >= 11 is 0.